The van der Waals surface area contributed by atoms with Crippen molar-refractivity contribution in [3.63, 3.8) is 0 Å². The normalized spacial score (nSPS) is 38.7. The van der Waals surface area contributed by atoms with Crippen LogP contribution in [-0.2, 0) is 9.22 Å². The molecule has 2 aliphatic carbocycles. The molecule has 0 aromatic rings. The quantitative estimate of drug-likeness (QED) is 0.567. The molecule has 0 amide bonds. The molecule has 0 aromatic carbocycles. The summed E-state index contributed by atoms with van der Waals surface area (Å²) in [6, 6.07) is 0. The Morgan fingerprint density at radius 3 is 2.53 bits per heavy atom. The molecular formula is C10H16Cl2O2Si. The zero-order valence-electron chi connectivity index (χ0n) is 9.27. The lowest BCUT2D eigenvalue weighted by Gasteiger charge is -2.55. The van der Waals surface area contributed by atoms with Crippen molar-refractivity contribution in [2.75, 3.05) is 0 Å². The Hall–Kier alpha value is 0.427. The van der Waals surface area contributed by atoms with Gasteiger partial charge in [0.2, 0.25) is 4.33 Å². The van der Waals surface area contributed by atoms with Gasteiger partial charge >= 0.3 is 0 Å². The van der Waals surface area contributed by atoms with Crippen molar-refractivity contribution in [3.05, 3.63) is 0 Å². The number of alkyl halides is 2. The summed E-state index contributed by atoms with van der Waals surface area (Å²) >= 11 is 12.3. The van der Waals surface area contributed by atoms with E-state index in [0.717, 1.165) is 19.3 Å². The van der Waals surface area contributed by atoms with E-state index >= 15 is 0 Å². The van der Waals surface area contributed by atoms with Gasteiger partial charge in [0.1, 0.15) is 5.60 Å². The average Bonchev–Trinajstić information content (AvgIpc) is 2.43. The number of rotatable bonds is 2. The molecule has 2 fully saturated rings. The Morgan fingerprint density at radius 2 is 2.00 bits per heavy atom. The highest BCUT2D eigenvalue weighted by molar-refractivity contribution is 6.70. The van der Waals surface area contributed by atoms with Crippen molar-refractivity contribution in [1.82, 2.24) is 0 Å². The molecule has 0 N–H and O–H groups in total. The van der Waals surface area contributed by atoms with E-state index in [2.05, 4.69) is 19.6 Å². The highest BCUT2D eigenvalue weighted by Gasteiger charge is 2.74. The van der Waals surface area contributed by atoms with Crippen LogP contribution < -0.4 is 0 Å². The maximum absolute atomic E-state index is 11.7. The Bertz CT molecular complexity index is 311. The first-order valence-corrected chi connectivity index (χ1v) is 9.49. The molecule has 2 atom stereocenters. The number of carbonyl (C=O) groups is 1. The molecule has 0 unspecified atom stereocenters. The van der Waals surface area contributed by atoms with Crippen LogP contribution in [0, 0.1) is 5.92 Å². The monoisotopic (exact) mass is 266 g/mol. The molecule has 2 aliphatic rings. The summed E-state index contributed by atoms with van der Waals surface area (Å²) in [6.45, 7) is 6.30. The summed E-state index contributed by atoms with van der Waals surface area (Å²) in [7, 11) is -1.72. The first-order valence-electron chi connectivity index (χ1n) is 5.33. The number of ketones is 1. The fourth-order valence-corrected chi connectivity index (χ4v) is 5.19. The lowest BCUT2D eigenvalue weighted by molar-refractivity contribution is -0.152. The summed E-state index contributed by atoms with van der Waals surface area (Å²) in [5.41, 5.74) is -0.572. The molecule has 0 bridgehead atoms. The highest BCUT2D eigenvalue weighted by atomic mass is 35.5. The second-order valence-corrected chi connectivity index (χ2v) is 11.2. The van der Waals surface area contributed by atoms with E-state index in [9.17, 15) is 4.79 Å². The van der Waals surface area contributed by atoms with Crippen LogP contribution >= 0.6 is 23.2 Å². The van der Waals surface area contributed by atoms with E-state index in [-0.39, 0.29) is 11.7 Å². The van der Waals surface area contributed by atoms with Crippen molar-refractivity contribution in [2.24, 2.45) is 5.92 Å². The summed E-state index contributed by atoms with van der Waals surface area (Å²) in [5, 5.41) is 0. The lowest BCUT2D eigenvalue weighted by atomic mass is 9.69. The molecule has 0 saturated heterocycles. The van der Waals surface area contributed by atoms with Gasteiger partial charge in [-0.05, 0) is 38.9 Å². The second kappa shape index (κ2) is 3.22. The zero-order valence-corrected chi connectivity index (χ0v) is 11.8. The molecule has 0 spiro atoms. The third-order valence-corrected chi connectivity index (χ3v) is 5.24. The summed E-state index contributed by atoms with van der Waals surface area (Å²) < 4.78 is 4.83. The number of Topliss-reactive ketones (excluding diaryl/α,β-unsaturated/α-hetero) is 1. The van der Waals surface area contributed by atoms with Gasteiger partial charge in [-0.1, -0.05) is 23.2 Å². The smallest absolute Gasteiger partial charge is 0.204 e. The van der Waals surface area contributed by atoms with Gasteiger partial charge in [0, 0.05) is 0 Å². The van der Waals surface area contributed by atoms with Crippen molar-refractivity contribution in [2.45, 2.75) is 48.8 Å². The zero-order chi connectivity index (χ0) is 11.5. The lowest BCUT2D eigenvalue weighted by Crippen LogP contribution is -2.71. The number of hydrogen-bond acceptors (Lipinski definition) is 2. The van der Waals surface area contributed by atoms with Crippen LogP contribution in [0.2, 0.25) is 19.6 Å². The standard InChI is InChI=1S/C10H16Cl2O2Si/c1-15(2,3)14-9-6-4-5-7(9)8(13)10(9,11)12/h7H,4-6H2,1-3H3/t7-,9+/m0/s1. The predicted molar refractivity (Wildman–Crippen MR) is 63.9 cm³/mol. The van der Waals surface area contributed by atoms with Gasteiger partial charge < -0.3 is 4.43 Å². The SMILES string of the molecule is C[Si](C)(C)O[C@]12CCC[C@H]1C(=O)C2(Cl)Cl. The van der Waals surface area contributed by atoms with Crippen LogP contribution in [0.5, 0.6) is 0 Å². The summed E-state index contributed by atoms with van der Waals surface area (Å²) in [5.74, 6) is -0.0965. The molecule has 86 valence electrons. The van der Waals surface area contributed by atoms with Crippen LogP contribution in [0.4, 0.5) is 0 Å². The average molecular weight is 267 g/mol. The summed E-state index contributed by atoms with van der Waals surface area (Å²) in [6.07, 6.45) is 2.69. The molecule has 0 aromatic heterocycles. The van der Waals surface area contributed by atoms with Gasteiger partial charge in [-0.25, -0.2) is 0 Å². The molecule has 0 heterocycles. The second-order valence-electron chi connectivity index (χ2n) is 5.49. The first kappa shape index (κ1) is 11.9. The van der Waals surface area contributed by atoms with E-state index in [1.165, 1.54) is 0 Å². The maximum Gasteiger partial charge on any atom is 0.204 e. The minimum atomic E-state index is -1.72. The molecule has 0 aliphatic heterocycles. The van der Waals surface area contributed by atoms with Gasteiger partial charge in [0.25, 0.3) is 0 Å². The molecule has 0 radical (unpaired) electrons. The topological polar surface area (TPSA) is 26.3 Å². The Kier molecular flexibility index (Phi) is 2.55. The van der Waals surface area contributed by atoms with E-state index in [4.69, 9.17) is 27.6 Å². The molecule has 15 heavy (non-hydrogen) atoms. The Balaban J connectivity index is 2.29. The van der Waals surface area contributed by atoms with E-state index in [1.807, 2.05) is 0 Å². The first-order chi connectivity index (χ1) is 6.71. The van der Waals surface area contributed by atoms with Crippen molar-refractivity contribution >= 4 is 37.3 Å². The fraction of sp³-hybridized carbons (Fsp3) is 0.900. The van der Waals surface area contributed by atoms with E-state index in [1.54, 1.807) is 0 Å². The van der Waals surface area contributed by atoms with Crippen LogP contribution in [-0.4, -0.2) is 24.0 Å². The van der Waals surface area contributed by atoms with Crippen LogP contribution in [0.1, 0.15) is 19.3 Å². The highest BCUT2D eigenvalue weighted by Crippen LogP contribution is 2.62. The molecular weight excluding hydrogens is 251 g/mol. The van der Waals surface area contributed by atoms with Gasteiger partial charge in [0.15, 0.2) is 14.1 Å². The molecule has 2 nitrogen and oxygen atoms in total. The minimum absolute atomic E-state index is 0.0402. The van der Waals surface area contributed by atoms with E-state index < -0.39 is 18.3 Å². The molecule has 2 saturated carbocycles. The third kappa shape index (κ3) is 1.51. The largest absolute Gasteiger partial charge is 0.408 e. The third-order valence-electron chi connectivity index (χ3n) is 3.25. The van der Waals surface area contributed by atoms with Gasteiger partial charge in [-0.15, -0.1) is 0 Å². The van der Waals surface area contributed by atoms with Gasteiger partial charge in [-0.3, -0.25) is 4.79 Å². The van der Waals surface area contributed by atoms with Crippen molar-refractivity contribution < 1.29 is 9.22 Å². The van der Waals surface area contributed by atoms with Crippen molar-refractivity contribution in [3.8, 4) is 0 Å². The Morgan fingerprint density at radius 1 is 1.40 bits per heavy atom. The molecule has 5 heteroatoms. The number of fused-ring (bicyclic) bond motifs is 1. The van der Waals surface area contributed by atoms with Crippen molar-refractivity contribution in [1.29, 1.82) is 0 Å². The Labute approximate surface area is 101 Å². The number of hydrogen-bond donors (Lipinski definition) is 0. The number of halogens is 2. The maximum atomic E-state index is 11.7. The minimum Gasteiger partial charge on any atom is -0.408 e. The van der Waals surface area contributed by atoms with E-state index in [0.29, 0.717) is 0 Å². The van der Waals surface area contributed by atoms with Crippen LogP contribution in [0.3, 0.4) is 0 Å². The summed E-state index contributed by atoms with van der Waals surface area (Å²) in [4.78, 5) is 11.7. The van der Waals surface area contributed by atoms with Gasteiger partial charge in [0.05, 0.1) is 5.92 Å². The molecule has 2 rings (SSSR count). The fourth-order valence-electron chi connectivity index (χ4n) is 2.78. The van der Waals surface area contributed by atoms with Crippen LogP contribution in [0.25, 0.3) is 0 Å². The van der Waals surface area contributed by atoms with Crippen LogP contribution in [0.15, 0.2) is 0 Å². The predicted octanol–water partition coefficient (Wildman–Crippen LogP) is 3.13. The van der Waals surface area contributed by atoms with Gasteiger partial charge in [-0.2, -0.15) is 0 Å². The number of carbonyl (C=O) groups excluding carboxylic acids is 1.